The molecule has 78 heavy (non-hydrogen) atoms. The van der Waals surface area contributed by atoms with Crippen molar-refractivity contribution in [2.45, 2.75) is 94.0 Å². The van der Waals surface area contributed by atoms with E-state index in [1.807, 2.05) is 0 Å². The Morgan fingerprint density at radius 3 is 1.19 bits per heavy atom. The second-order valence-corrected chi connectivity index (χ2v) is 25.2. The van der Waals surface area contributed by atoms with Gasteiger partial charge >= 0.3 is 35.8 Å². The normalized spacial score (nSPS) is 22.9. The van der Waals surface area contributed by atoms with E-state index in [2.05, 4.69) is 19.6 Å². The molecule has 0 amide bonds. The van der Waals surface area contributed by atoms with E-state index in [-0.39, 0.29) is 40.0 Å². The van der Waals surface area contributed by atoms with Crippen LogP contribution in [0.15, 0.2) is 176 Å². The summed E-state index contributed by atoms with van der Waals surface area (Å²) in [7, 11) is -0.318. The summed E-state index contributed by atoms with van der Waals surface area (Å²) in [5.74, 6) is -4.70. The maximum Gasteiger partial charge on any atom is 0.338 e. The average Bonchev–Trinajstić information content (AvgIpc) is 3.46. The Hall–Kier alpha value is -8.00. The second-order valence-electron chi connectivity index (χ2n) is 19.5. The summed E-state index contributed by atoms with van der Waals surface area (Å²) in [4.78, 5) is 85.3. The minimum absolute atomic E-state index is 0.0716. The molecule has 2 fully saturated rings. The van der Waals surface area contributed by atoms with Crippen LogP contribution in [-0.2, 0) is 47.4 Å². The highest BCUT2D eigenvalue weighted by molar-refractivity contribution is 6.76. The van der Waals surface area contributed by atoms with E-state index in [1.54, 1.807) is 115 Å². The van der Waals surface area contributed by atoms with Crippen LogP contribution in [0.1, 0.15) is 69.1 Å². The largest absolute Gasteiger partial charge is 0.497 e. The van der Waals surface area contributed by atoms with Gasteiger partial charge in [-0.05, 0) is 97.9 Å². The SMILES string of the molecule is COc1ccc(C(=O)O[C@@H]2[C@H](OC(=O)c3ccccc3)[C@@H](OC(=O)c3ccccc3)[C@H](O[C@H]3[C@H](OC(=O)c4ccccc4)[C@@H](OC(=O)c4ccccc4)[C@H](OCC[Si](C)(C)C)O[C@@H]3COC(=O)c3ccccc3)O[C@@H]2C)cc1. The molecule has 0 bridgehead atoms. The molecule has 2 aliphatic heterocycles. The van der Waals surface area contributed by atoms with Crippen molar-refractivity contribution in [2.75, 3.05) is 20.3 Å². The summed E-state index contributed by atoms with van der Waals surface area (Å²) in [5.41, 5.74) is 0.706. The Balaban J connectivity index is 1.26. The van der Waals surface area contributed by atoms with Gasteiger partial charge in [-0.15, -0.1) is 0 Å². The van der Waals surface area contributed by atoms with Crippen LogP contribution in [0.4, 0.5) is 0 Å². The molecule has 0 radical (unpaired) electrons. The summed E-state index contributed by atoms with van der Waals surface area (Å²) in [6, 6.07) is 46.9. The predicted octanol–water partition coefficient (Wildman–Crippen LogP) is 9.19. The quantitative estimate of drug-likeness (QED) is 0.0397. The van der Waals surface area contributed by atoms with Crippen LogP contribution in [0, 0.1) is 0 Å². The van der Waals surface area contributed by atoms with Gasteiger partial charge in [0.15, 0.2) is 43.1 Å². The highest BCUT2D eigenvalue weighted by Gasteiger charge is 2.57. The highest BCUT2D eigenvalue weighted by Crippen LogP contribution is 2.37. The number of carbonyl (C=O) groups is 6. The fourth-order valence-corrected chi connectivity index (χ4v) is 9.24. The van der Waals surface area contributed by atoms with E-state index < -0.39 is 112 Å². The number of benzene rings is 6. The minimum atomic E-state index is -1.83. The molecular weight excluding hydrogens is 1020 g/mol. The number of ether oxygens (including phenoxy) is 11. The number of esters is 6. The molecule has 406 valence electrons. The van der Waals surface area contributed by atoms with Crippen LogP contribution in [0.3, 0.4) is 0 Å². The third-order valence-corrected chi connectivity index (χ3v) is 14.4. The smallest absolute Gasteiger partial charge is 0.338 e. The molecule has 10 atom stereocenters. The topological polar surface area (TPSA) is 204 Å². The standard InChI is InChI=1S/C60H60O17Si/c1-38-47(72-58(66)44-31-33-45(67-2)34-32-44)49(73-54(62)40-23-13-7-14-24-40)52(76-57(65)43-29-19-10-20-30-43)60(70-38)77-48-46(37-69-53(61)39-21-11-6-12-22-39)71-59(68-35-36-78(3,4)5)51(75-56(64)42-27-17-9-18-28-42)50(48)74-55(63)41-25-15-8-16-26-41/h6-34,38,46-52,59-60H,35-37H2,1-5H3/t38-,46-,47+,48-,49+,50+,51-,52-,59-,60+/m1/s1. The van der Waals surface area contributed by atoms with Crippen molar-refractivity contribution in [3.05, 3.63) is 209 Å². The predicted molar refractivity (Wildman–Crippen MR) is 283 cm³/mol. The van der Waals surface area contributed by atoms with Gasteiger partial charge in [0, 0.05) is 14.7 Å². The zero-order valence-corrected chi connectivity index (χ0v) is 44.6. The molecule has 0 aliphatic carbocycles. The third-order valence-electron chi connectivity index (χ3n) is 12.7. The van der Waals surface area contributed by atoms with Gasteiger partial charge in [0.2, 0.25) is 0 Å². The summed E-state index contributed by atoms with van der Waals surface area (Å²) in [6.45, 7) is 7.49. The zero-order valence-electron chi connectivity index (χ0n) is 43.6. The molecule has 17 nitrogen and oxygen atoms in total. The van der Waals surface area contributed by atoms with Gasteiger partial charge in [-0.25, -0.2) is 28.8 Å². The first kappa shape index (κ1) is 56.2. The van der Waals surface area contributed by atoms with E-state index in [0.717, 1.165) is 0 Å². The number of hydrogen-bond acceptors (Lipinski definition) is 17. The summed E-state index contributed by atoms with van der Waals surface area (Å²) in [5, 5.41) is 0. The lowest BCUT2D eigenvalue weighted by Crippen LogP contribution is -2.66. The Kier molecular flexibility index (Phi) is 19.0. The van der Waals surface area contributed by atoms with E-state index >= 15 is 0 Å². The first-order valence-electron chi connectivity index (χ1n) is 25.3. The zero-order chi connectivity index (χ0) is 55.2. The molecule has 2 saturated heterocycles. The molecule has 18 heteroatoms. The first-order valence-corrected chi connectivity index (χ1v) is 29.1. The summed E-state index contributed by atoms with van der Waals surface area (Å²) >= 11 is 0. The van der Waals surface area contributed by atoms with Crippen LogP contribution in [0.2, 0.25) is 25.7 Å². The summed E-state index contributed by atoms with van der Waals surface area (Å²) < 4.78 is 69.4. The fraction of sp³-hybridized carbons (Fsp3) is 0.300. The Morgan fingerprint density at radius 2 is 0.782 bits per heavy atom. The molecule has 6 aromatic rings. The van der Waals surface area contributed by atoms with Crippen LogP contribution in [-0.4, -0.2) is 126 Å². The van der Waals surface area contributed by atoms with E-state index in [0.29, 0.717) is 11.8 Å². The lowest BCUT2D eigenvalue weighted by molar-refractivity contribution is -0.353. The van der Waals surface area contributed by atoms with Crippen LogP contribution < -0.4 is 4.74 Å². The molecule has 0 saturated carbocycles. The lowest BCUT2D eigenvalue weighted by Gasteiger charge is -2.48. The fourth-order valence-electron chi connectivity index (χ4n) is 8.51. The van der Waals surface area contributed by atoms with Gasteiger partial charge in [-0.2, -0.15) is 0 Å². The molecule has 0 aromatic heterocycles. The third kappa shape index (κ3) is 14.7. The van der Waals surface area contributed by atoms with Gasteiger partial charge in [0.1, 0.15) is 24.6 Å². The molecular formula is C60H60O17Si. The van der Waals surface area contributed by atoms with Crippen molar-refractivity contribution >= 4 is 43.9 Å². The molecule has 0 spiro atoms. The molecule has 0 unspecified atom stereocenters. The minimum Gasteiger partial charge on any atom is -0.497 e. The second kappa shape index (κ2) is 26.4. The van der Waals surface area contributed by atoms with Crippen LogP contribution in [0.25, 0.3) is 0 Å². The van der Waals surface area contributed by atoms with Crippen LogP contribution in [0.5, 0.6) is 5.75 Å². The number of rotatable bonds is 20. The summed E-state index contributed by atoms with van der Waals surface area (Å²) in [6.07, 6.45) is -16.0. The molecule has 2 heterocycles. The van der Waals surface area contributed by atoms with Crippen molar-refractivity contribution in [3.8, 4) is 5.75 Å². The first-order chi connectivity index (χ1) is 37.6. The highest BCUT2D eigenvalue weighted by atomic mass is 28.3. The number of methoxy groups -OCH3 is 1. The number of carbonyl (C=O) groups excluding carboxylic acids is 6. The van der Waals surface area contributed by atoms with E-state index in [4.69, 9.17) is 52.1 Å². The molecule has 6 aromatic carbocycles. The van der Waals surface area contributed by atoms with Crippen molar-refractivity contribution in [3.63, 3.8) is 0 Å². The van der Waals surface area contributed by atoms with Gasteiger partial charge in [0.05, 0.1) is 46.6 Å². The van der Waals surface area contributed by atoms with Crippen molar-refractivity contribution in [1.29, 1.82) is 0 Å². The maximum atomic E-state index is 14.5. The van der Waals surface area contributed by atoms with Crippen molar-refractivity contribution < 1.29 is 80.9 Å². The molecule has 8 rings (SSSR count). The number of hydrogen-bond donors (Lipinski definition) is 0. The lowest BCUT2D eigenvalue weighted by atomic mass is 9.96. The van der Waals surface area contributed by atoms with Gasteiger partial charge in [0.25, 0.3) is 0 Å². The van der Waals surface area contributed by atoms with Crippen molar-refractivity contribution in [2.24, 2.45) is 0 Å². The maximum absolute atomic E-state index is 14.5. The molecule has 2 aliphatic rings. The average molecular weight is 1080 g/mol. The Morgan fingerprint density at radius 1 is 0.423 bits per heavy atom. The van der Waals surface area contributed by atoms with E-state index in [9.17, 15) is 28.8 Å². The Labute approximate surface area is 452 Å². The van der Waals surface area contributed by atoms with Gasteiger partial charge in [-0.3, -0.25) is 0 Å². The van der Waals surface area contributed by atoms with Gasteiger partial charge in [-0.1, -0.05) is 111 Å². The van der Waals surface area contributed by atoms with Gasteiger partial charge < -0.3 is 52.1 Å². The molecule has 0 N–H and O–H groups in total. The van der Waals surface area contributed by atoms with Crippen LogP contribution >= 0.6 is 0 Å². The Bertz CT molecular complexity index is 2940. The monoisotopic (exact) mass is 1080 g/mol. The van der Waals surface area contributed by atoms with E-state index in [1.165, 1.54) is 74.7 Å². The van der Waals surface area contributed by atoms with Crippen molar-refractivity contribution in [1.82, 2.24) is 0 Å².